The lowest BCUT2D eigenvalue weighted by atomic mass is 9.89. The summed E-state index contributed by atoms with van der Waals surface area (Å²) >= 11 is 6.04. The van der Waals surface area contributed by atoms with Crippen molar-refractivity contribution >= 4 is 11.6 Å². The van der Waals surface area contributed by atoms with Gasteiger partial charge in [0.25, 0.3) is 0 Å². The fourth-order valence-electron chi connectivity index (χ4n) is 3.29. The summed E-state index contributed by atoms with van der Waals surface area (Å²) in [7, 11) is 0. The van der Waals surface area contributed by atoms with Crippen molar-refractivity contribution in [2.75, 3.05) is 0 Å². The molecule has 0 bridgehead atoms. The smallest absolute Gasteiger partial charge is 0.296 e. The first-order valence-electron chi connectivity index (χ1n) is 8.13. The second-order valence-electron chi connectivity index (χ2n) is 6.18. The van der Waals surface area contributed by atoms with Crippen LogP contribution >= 0.6 is 11.6 Å². The Bertz CT molecular complexity index is 699. The Balaban J connectivity index is 1.72. The monoisotopic (exact) mass is 338 g/mol. The highest BCUT2D eigenvalue weighted by Crippen LogP contribution is 2.25. The van der Waals surface area contributed by atoms with E-state index in [4.69, 9.17) is 16.1 Å². The number of nitrogens with zero attached hydrogens (tertiary/aromatic N) is 2. The van der Waals surface area contributed by atoms with Crippen molar-refractivity contribution in [1.82, 2.24) is 9.72 Å². The van der Waals surface area contributed by atoms with E-state index in [9.17, 15) is 9.18 Å². The molecule has 1 saturated carbocycles. The molecule has 1 aliphatic carbocycles. The molecule has 1 aromatic heterocycles. The van der Waals surface area contributed by atoms with Crippen LogP contribution in [0.3, 0.4) is 0 Å². The fraction of sp³-hybridized carbons (Fsp3) is 0.529. The average molecular weight is 339 g/mol. The minimum absolute atomic E-state index is 0.331. The molecular formula is C17H20ClFN2O2. The van der Waals surface area contributed by atoms with E-state index in [1.54, 1.807) is 16.7 Å². The zero-order chi connectivity index (χ0) is 16.2. The van der Waals surface area contributed by atoms with Gasteiger partial charge in [-0.1, -0.05) is 42.1 Å². The van der Waals surface area contributed by atoms with Gasteiger partial charge in [0.15, 0.2) is 5.82 Å². The van der Waals surface area contributed by atoms with Gasteiger partial charge in [-0.25, -0.2) is 9.18 Å². The Labute approximate surface area is 139 Å². The van der Waals surface area contributed by atoms with E-state index in [0.717, 1.165) is 12.8 Å². The van der Waals surface area contributed by atoms with Crippen molar-refractivity contribution < 1.29 is 8.91 Å². The molecule has 3 rings (SSSR count). The molecule has 0 amide bonds. The number of aromatic nitrogens is 2. The number of halogens is 2. The van der Waals surface area contributed by atoms with E-state index in [1.165, 1.54) is 25.3 Å². The first-order chi connectivity index (χ1) is 11.1. The molecule has 1 heterocycles. The third-order valence-electron chi connectivity index (χ3n) is 4.59. The Hall–Kier alpha value is -1.62. The molecule has 0 unspecified atom stereocenters. The number of benzene rings is 1. The number of rotatable bonds is 5. The minimum Gasteiger partial charge on any atom is -0.296 e. The fourth-order valence-corrected chi connectivity index (χ4v) is 3.55. The first kappa shape index (κ1) is 16.2. The number of hydrogen-bond donors (Lipinski definition) is 0. The molecule has 0 radical (unpaired) electrons. The molecular weight excluding hydrogens is 319 g/mol. The largest absolute Gasteiger partial charge is 0.441 e. The van der Waals surface area contributed by atoms with E-state index in [-0.39, 0.29) is 5.82 Å². The maximum atomic E-state index is 13.8. The van der Waals surface area contributed by atoms with Gasteiger partial charge < -0.3 is 0 Å². The summed E-state index contributed by atoms with van der Waals surface area (Å²) in [5, 5.41) is 4.26. The van der Waals surface area contributed by atoms with Gasteiger partial charge in [-0.3, -0.25) is 9.09 Å². The second kappa shape index (κ2) is 7.30. The van der Waals surface area contributed by atoms with Crippen molar-refractivity contribution in [1.29, 1.82) is 0 Å². The van der Waals surface area contributed by atoms with Crippen LogP contribution in [-0.2, 0) is 19.4 Å². The van der Waals surface area contributed by atoms with Crippen LogP contribution in [0.15, 0.2) is 27.5 Å². The summed E-state index contributed by atoms with van der Waals surface area (Å²) in [4.78, 5) is 11.9. The zero-order valence-electron chi connectivity index (χ0n) is 12.9. The Kier molecular flexibility index (Phi) is 5.16. The highest BCUT2D eigenvalue weighted by molar-refractivity contribution is 6.31. The third kappa shape index (κ3) is 3.83. The summed E-state index contributed by atoms with van der Waals surface area (Å²) in [6, 6.07) is 4.63. The standard InChI is InChI=1S/C17H20ClFN2O2/c18-14-7-4-8-15(19)13(14)9-10-16-20-23-17(22)21(16)11-12-5-2-1-3-6-12/h4,7-8,12H,1-3,5-6,9-11H2. The molecule has 1 fully saturated rings. The molecule has 0 atom stereocenters. The van der Waals surface area contributed by atoms with E-state index < -0.39 is 5.76 Å². The van der Waals surface area contributed by atoms with Crippen molar-refractivity contribution in [2.24, 2.45) is 5.92 Å². The summed E-state index contributed by atoms with van der Waals surface area (Å²) in [6.45, 7) is 0.642. The molecule has 0 saturated heterocycles. The summed E-state index contributed by atoms with van der Waals surface area (Å²) in [5.74, 6) is 0.309. The van der Waals surface area contributed by atoms with Gasteiger partial charge in [0.05, 0.1) is 0 Å². The van der Waals surface area contributed by atoms with Gasteiger partial charge in [-0.05, 0) is 37.3 Å². The number of hydrogen-bond acceptors (Lipinski definition) is 3. The molecule has 0 spiro atoms. The molecule has 2 aromatic rings. The van der Waals surface area contributed by atoms with Crippen molar-refractivity contribution in [3.05, 3.63) is 51.0 Å². The molecule has 1 aliphatic rings. The van der Waals surface area contributed by atoms with Gasteiger partial charge in [0.2, 0.25) is 0 Å². The van der Waals surface area contributed by atoms with Crippen molar-refractivity contribution in [2.45, 2.75) is 51.5 Å². The topological polar surface area (TPSA) is 48.0 Å². The lowest BCUT2D eigenvalue weighted by Gasteiger charge is -2.21. The molecule has 0 N–H and O–H groups in total. The Morgan fingerprint density at radius 3 is 2.78 bits per heavy atom. The maximum Gasteiger partial charge on any atom is 0.441 e. The SMILES string of the molecule is O=c1onc(CCc2c(F)cccc2Cl)n1CC1CCCCC1. The van der Waals surface area contributed by atoms with Gasteiger partial charge in [-0.15, -0.1) is 0 Å². The highest BCUT2D eigenvalue weighted by atomic mass is 35.5. The van der Waals surface area contributed by atoms with Crippen molar-refractivity contribution in [3.8, 4) is 0 Å². The lowest BCUT2D eigenvalue weighted by Crippen LogP contribution is -2.24. The lowest BCUT2D eigenvalue weighted by molar-refractivity contribution is 0.303. The molecule has 6 heteroatoms. The van der Waals surface area contributed by atoms with Gasteiger partial charge >= 0.3 is 5.76 Å². The predicted octanol–water partition coefficient (Wildman–Crippen LogP) is 3.99. The van der Waals surface area contributed by atoms with E-state index >= 15 is 0 Å². The molecule has 0 aliphatic heterocycles. The quantitative estimate of drug-likeness (QED) is 0.828. The zero-order valence-corrected chi connectivity index (χ0v) is 13.7. The maximum absolute atomic E-state index is 13.8. The summed E-state index contributed by atoms with van der Waals surface area (Å²) in [5.41, 5.74) is 0.453. The van der Waals surface area contributed by atoms with E-state index in [1.807, 2.05) is 0 Å². The van der Waals surface area contributed by atoms with Crippen LogP contribution in [0.25, 0.3) is 0 Å². The normalized spacial score (nSPS) is 15.9. The molecule has 1 aromatic carbocycles. The highest BCUT2D eigenvalue weighted by Gasteiger charge is 2.19. The van der Waals surface area contributed by atoms with Crippen LogP contribution in [0.2, 0.25) is 5.02 Å². The summed E-state index contributed by atoms with van der Waals surface area (Å²) < 4.78 is 20.3. The first-order valence-corrected chi connectivity index (χ1v) is 8.51. The predicted molar refractivity (Wildman–Crippen MR) is 86.2 cm³/mol. The van der Waals surface area contributed by atoms with Gasteiger partial charge in [-0.2, -0.15) is 0 Å². The molecule has 23 heavy (non-hydrogen) atoms. The van der Waals surface area contributed by atoms with Gasteiger partial charge in [0, 0.05) is 23.6 Å². The Morgan fingerprint density at radius 2 is 2.04 bits per heavy atom. The Morgan fingerprint density at radius 1 is 1.26 bits per heavy atom. The van der Waals surface area contributed by atoms with Crippen LogP contribution in [0, 0.1) is 11.7 Å². The second-order valence-corrected chi connectivity index (χ2v) is 6.59. The van der Waals surface area contributed by atoms with Crippen LogP contribution in [0.1, 0.15) is 43.5 Å². The summed E-state index contributed by atoms with van der Waals surface area (Å²) in [6.07, 6.45) is 6.79. The van der Waals surface area contributed by atoms with Crippen LogP contribution in [0.5, 0.6) is 0 Å². The minimum atomic E-state index is -0.426. The molecule has 4 nitrogen and oxygen atoms in total. The molecule has 124 valence electrons. The average Bonchev–Trinajstić information content (AvgIpc) is 2.89. The van der Waals surface area contributed by atoms with Crippen molar-refractivity contribution in [3.63, 3.8) is 0 Å². The third-order valence-corrected chi connectivity index (χ3v) is 4.94. The van der Waals surface area contributed by atoms with E-state index in [2.05, 4.69) is 5.16 Å². The van der Waals surface area contributed by atoms with Crippen LogP contribution in [-0.4, -0.2) is 9.72 Å². The van der Waals surface area contributed by atoms with Crippen LogP contribution < -0.4 is 5.76 Å². The van der Waals surface area contributed by atoms with Crippen LogP contribution in [0.4, 0.5) is 4.39 Å². The van der Waals surface area contributed by atoms with E-state index in [0.29, 0.717) is 41.7 Å². The number of aryl methyl sites for hydroxylation is 1. The van der Waals surface area contributed by atoms with Gasteiger partial charge in [0.1, 0.15) is 5.82 Å².